The first-order valence-electron chi connectivity index (χ1n) is 20.5. The monoisotopic (exact) mass is 800 g/mol. The second-order valence-corrected chi connectivity index (χ2v) is 16.6. The van der Waals surface area contributed by atoms with Gasteiger partial charge >= 0.3 is 12.2 Å². The summed E-state index contributed by atoms with van der Waals surface area (Å²) in [5.41, 5.74) is 6.86. The molecule has 1 aliphatic carbocycles. The van der Waals surface area contributed by atoms with Crippen molar-refractivity contribution in [1.82, 2.24) is 40.4 Å². The largest absolute Gasteiger partial charge is 0.453 e. The first-order chi connectivity index (χ1) is 28.4. The molecule has 2 aromatic heterocycles. The summed E-state index contributed by atoms with van der Waals surface area (Å²) in [6, 6.07) is 16.9. The summed E-state index contributed by atoms with van der Waals surface area (Å²) < 4.78 is 9.60. The van der Waals surface area contributed by atoms with Crippen LogP contribution in [0.4, 0.5) is 9.59 Å². The van der Waals surface area contributed by atoms with E-state index in [-0.39, 0.29) is 35.7 Å². The van der Waals surface area contributed by atoms with Crippen LogP contribution in [0, 0.1) is 17.8 Å². The molecule has 4 N–H and O–H groups in total. The highest BCUT2D eigenvalue weighted by molar-refractivity contribution is 5.92. The number of fused-ring (bicyclic) bond motifs is 2. The number of benzene rings is 3. The Morgan fingerprint density at radius 3 is 2.00 bits per heavy atom. The van der Waals surface area contributed by atoms with Crippen molar-refractivity contribution in [3.05, 3.63) is 84.1 Å². The molecule has 4 heterocycles. The van der Waals surface area contributed by atoms with Gasteiger partial charge in [-0.15, -0.1) is 0 Å². The number of nitrogens with zero attached hydrogens (tertiary/aromatic N) is 4. The molecule has 0 radical (unpaired) electrons. The van der Waals surface area contributed by atoms with E-state index in [0.29, 0.717) is 24.8 Å². The van der Waals surface area contributed by atoms with Gasteiger partial charge in [-0.05, 0) is 95.2 Å². The number of aromatic nitrogens is 4. The molecule has 2 aliphatic heterocycles. The van der Waals surface area contributed by atoms with Crippen molar-refractivity contribution >= 4 is 45.8 Å². The van der Waals surface area contributed by atoms with Crippen LogP contribution in [0.25, 0.3) is 44.2 Å². The van der Waals surface area contributed by atoms with Gasteiger partial charge in [0.05, 0.1) is 43.2 Å². The number of alkyl carbamates (subject to hydrolysis) is 2. The molecule has 0 spiro atoms. The van der Waals surface area contributed by atoms with Crippen molar-refractivity contribution < 1.29 is 28.7 Å². The Hall–Kier alpha value is -6.18. The molecule has 0 bridgehead atoms. The summed E-state index contributed by atoms with van der Waals surface area (Å²) in [5, 5.41) is 7.60. The summed E-state index contributed by atoms with van der Waals surface area (Å²) in [7, 11) is 2.59. The third-order valence-electron chi connectivity index (χ3n) is 11.9. The Labute approximate surface area is 343 Å². The summed E-state index contributed by atoms with van der Waals surface area (Å²) in [4.78, 5) is 72.1. The normalized spacial score (nSPS) is 19.0. The fourth-order valence-corrected chi connectivity index (χ4v) is 8.47. The average Bonchev–Trinajstić information content (AvgIpc) is 3.63. The number of carbonyl (C=O) groups is 4. The number of hydrogen-bond donors (Lipinski definition) is 4. The smallest absolute Gasteiger partial charge is 0.407 e. The van der Waals surface area contributed by atoms with Crippen LogP contribution >= 0.6 is 0 Å². The first kappa shape index (κ1) is 39.6. The molecule has 2 fully saturated rings. The number of ether oxygens (including phenoxy) is 2. The van der Waals surface area contributed by atoms with Crippen LogP contribution in [0.5, 0.6) is 0 Å². The molecule has 4 atom stereocenters. The van der Waals surface area contributed by atoms with Gasteiger partial charge in [0.2, 0.25) is 11.8 Å². The zero-order valence-corrected chi connectivity index (χ0v) is 34.4. The maximum atomic E-state index is 14.0. The number of amides is 4. The predicted octanol–water partition coefficient (Wildman–Crippen LogP) is 7.42. The van der Waals surface area contributed by atoms with Crippen molar-refractivity contribution in [2.45, 2.75) is 77.5 Å². The minimum Gasteiger partial charge on any atom is -0.453 e. The fourth-order valence-electron chi connectivity index (χ4n) is 8.47. The highest BCUT2D eigenvalue weighted by Gasteiger charge is 2.41. The molecule has 3 aromatic carbocycles. The molecule has 14 nitrogen and oxygen atoms in total. The van der Waals surface area contributed by atoms with Gasteiger partial charge < -0.3 is 39.9 Å². The minimum absolute atomic E-state index is 0.110. The second-order valence-electron chi connectivity index (χ2n) is 16.6. The molecule has 3 aliphatic rings. The fraction of sp³-hybridized carbons (Fsp3) is 0.422. The van der Waals surface area contributed by atoms with Gasteiger partial charge in [0.15, 0.2) is 0 Å². The van der Waals surface area contributed by atoms with E-state index in [1.54, 1.807) is 0 Å². The van der Waals surface area contributed by atoms with Crippen LogP contribution in [0.1, 0.15) is 77.1 Å². The first-order valence-corrected chi connectivity index (χ1v) is 20.5. The van der Waals surface area contributed by atoms with Crippen LogP contribution in [0.2, 0.25) is 0 Å². The van der Waals surface area contributed by atoms with E-state index in [2.05, 4.69) is 75.2 Å². The third-order valence-corrected chi connectivity index (χ3v) is 11.9. The Bertz CT molecular complexity index is 2450. The van der Waals surface area contributed by atoms with Gasteiger partial charge in [-0.1, -0.05) is 64.1 Å². The molecule has 1 saturated carbocycles. The highest BCUT2D eigenvalue weighted by Crippen LogP contribution is 2.43. The molecule has 5 aromatic rings. The molecule has 14 heteroatoms. The standard InChI is InChI=1S/C45H52N8O6/c1-24(2)38(50-44(56)58-5)42(54)52-17-7-8-36(52)40-46-22-35(49-40)31-14-13-27-18-28(11-12-29(27)19-31)30-15-16-33-34(20-30)48-41(47-33)37-21-32(26-9-10-26)23-53(37)43(55)39(25(3)4)51-45(57)59-6/h11-16,18-22,24-26,36-39H,7-10,17,23H2,1-6H3,(H,46,49)(H,47,48)(H,50,56)(H,51,57). The van der Waals surface area contributed by atoms with Crippen LogP contribution in [0.15, 0.2) is 72.4 Å². The number of methoxy groups -OCH3 is 2. The molecule has 59 heavy (non-hydrogen) atoms. The Morgan fingerprint density at radius 2 is 1.36 bits per heavy atom. The number of aromatic amines is 2. The molecule has 308 valence electrons. The number of nitrogens with one attached hydrogen (secondary N) is 4. The number of carbonyl (C=O) groups excluding carboxylic acids is 4. The van der Waals surface area contributed by atoms with Gasteiger partial charge in [0.25, 0.3) is 0 Å². The van der Waals surface area contributed by atoms with Crippen LogP contribution in [0.3, 0.4) is 0 Å². The van der Waals surface area contributed by atoms with Crippen molar-refractivity contribution in [2.75, 3.05) is 27.3 Å². The SMILES string of the molecule is COC(=O)NC(C(=O)N1CC(C2CC2)=CC1c1nc2ccc(-c3ccc4cc(-c5cnc(C6CCCN6C(=O)C(NC(=O)OC)C(C)C)[nH]5)ccc4c3)cc2[nH]1)C(C)C. The lowest BCUT2D eigenvalue weighted by molar-refractivity contribution is -0.136. The van der Waals surface area contributed by atoms with E-state index < -0.39 is 24.3 Å². The third kappa shape index (κ3) is 8.00. The van der Waals surface area contributed by atoms with Gasteiger partial charge in [-0.25, -0.2) is 19.6 Å². The second kappa shape index (κ2) is 16.2. The summed E-state index contributed by atoms with van der Waals surface area (Å²) in [6.07, 6.45) is 6.60. The highest BCUT2D eigenvalue weighted by atomic mass is 16.5. The average molecular weight is 801 g/mol. The molecular weight excluding hydrogens is 749 g/mol. The van der Waals surface area contributed by atoms with Crippen molar-refractivity contribution in [3.8, 4) is 22.4 Å². The van der Waals surface area contributed by atoms with E-state index >= 15 is 0 Å². The van der Waals surface area contributed by atoms with Gasteiger partial charge in [0, 0.05) is 18.7 Å². The van der Waals surface area contributed by atoms with Crippen LogP contribution in [-0.4, -0.2) is 93.1 Å². The topological polar surface area (TPSA) is 175 Å². The maximum Gasteiger partial charge on any atom is 0.407 e. The van der Waals surface area contributed by atoms with Crippen molar-refractivity contribution in [2.24, 2.45) is 17.8 Å². The Morgan fingerprint density at radius 1 is 0.746 bits per heavy atom. The van der Waals surface area contributed by atoms with Gasteiger partial charge in [0.1, 0.15) is 29.8 Å². The maximum absolute atomic E-state index is 14.0. The number of rotatable bonds is 11. The van der Waals surface area contributed by atoms with Crippen LogP contribution in [-0.2, 0) is 19.1 Å². The quantitative estimate of drug-likeness (QED) is 0.0999. The number of hydrogen-bond acceptors (Lipinski definition) is 8. The van der Waals surface area contributed by atoms with E-state index in [0.717, 1.165) is 75.7 Å². The zero-order chi connectivity index (χ0) is 41.5. The molecular formula is C45H52N8O6. The zero-order valence-electron chi connectivity index (χ0n) is 34.4. The number of H-pyrrole nitrogens is 2. The molecule has 1 saturated heterocycles. The number of likely N-dealkylation sites (tertiary alicyclic amines) is 1. The van der Waals surface area contributed by atoms with Crippen molar-refractivity contribution in [1.29, 1.82) is 0 Å². The molecule has 4 amide bonds. The van der Waals surface area contributed by atoms with Crippen LogP contribution < -0.4 is 10.6 Å². The molecule has 8 rings (SSSR count). The van der Waals surface area contributed by atoms with Gasteiger partial charge in [-0.3, -0.25) is 9.59 Å². The molecule has 4 unspecified atom stereocenters. The van der Waals surface area contributed by atoms with E-state index in [1.165, 1.54) is 19.8 Å². The van der Waals surface area contributed by atoms with E-state index in [9.17, 15) is 19.2 Å². The summed E-state index contributed by atoms with van der Waals surface area (Å²) in [6.45, 7) is 8.74. The van der Waals surface area contributed by atoms with Gasteiger partial charge in [-0.2, -0.15) is 0 Å². The van der Waals surface area contributed by atoms with E-state index in [1.807, 2.05) is 49.8 Å². The lowest BCUT2D eigenvalue weighted by Crippen LogP contribution is -2.51. The van der Waals surface area contributed by atoms with E-state index in [4.69, 9.17) is 19.4 Å². The van der Waals surface area contributed by atoms with Crippen molar-refractivity contribution in [3.63, 3.8) is 0 Å². The summed E-state index contributed by atoms with van der Waals surface area (Å²) >= 11 is 0. The predicted molar refractivity (Wildman–Crippen MR) is 224 cm³/mol. The number of imidazole rings is 2. The lowest BCUT2D eigenvalue weighted by Gasteiger charge is -2.30. The summed E-state index contributed by atoms with van der Waals surface area (Å²) in [5.74, 6) is 1.36. The Kier molecular flexibility index (Phi) is 10.9. The lowest BCUT2D eigenvalue weighted by atomic mass is 9.99. The Balaban J connectivity index is 1.00. The minimum atomic E-state index is -0.726.